The Labute approximate surface area is 104 Å². The summed E-state index contributed by atoms with van der Waals surface area (Å²) in [4.78, 5) is 2.57. The van der Waals surface area contributed by atoms with Gasteiger partial charge in [0.15, 0.2) is 0 Å². The molecule has 0 aliphatic rings. The number of aliphatic hydroxyl groups excluding tert-OH is 1. The fourth-order valence-electron chi connectivity index (χ4n) is 2.04. The molecule has 0 bridgehead atoms. The molecule has 1 aromatic rings. The van der Waals surface area contributed by atoms with Gasteiger partial charge in [0, 0.05) is 9.75 Å². The van der Waals surface area contributed by atoms with Crippen LogP contribution in [0.15, 0.2) is 12.1 Å². The zero-order chi connectivity index (χ0) is 12.0. The van der Waals surface area contributed by atoms with Crippen LogP contribution >= 0.6 is 11.3 Å². The minimum atomic E-state index is -0.313. The second-order valence-corrected chi connectivity index (χ2v) is 5.69. The summed E-state index contributed by atoms with van der Waals surface area (Å²) >= 11 is 1.79. The van der Waals surface area contributed by atoms with Crippen LogP contribution in [0.2, 0.25) is 0 Å². The van der Waals surface area contributed by atoms with Crippen LogP contribution in [0.5, 0.6) is 0 Å². The fraction of sp³-hybridized carbons (Fsp3) is 0.714. The Balaban J connectivity index is 2.67. The minimum absolute atomic E-state index is 0.313. The Morgan fingerprint density at radius 2 is 1.81 bits per heavy atom. The molecule has 0 spiro atoms. The Morgan fingerprint density at radius 3 is 2.31 bits per heavy atom. The third kappa shape index (κ3) is 3.91. The molecule has 92 valence electrons. The van der Waals surface area contributed by atoms with Crippen LogP contribution in [0.1, 0.15) is 74.7 Å². The van der Waals surface area contributed by atoms with Crippen molar-refractivity contribution in [3.8, 4) is 0 Å². The lowest BCUT2D eigenvalue weighted by Crippen LogP contribution is -1.95. The second kappa shape index (κ2) is 7.08. The van der Waals surface area contributed by atoms with Crippen LogP contribution in [0.3, 0.4) is 0 Å². The molecule has 0 aromatic carbocycles. The summed E-state index contributed by atoms with van der Waals surface area (Å²) in [5.74, 6) is 0.711. The molecule has 0 fully saturated rings. The predicted octanol–water partition coefficient (Wildman–Crippen LogP) is 4.88. The zero-order valence-electron chi connectivity index (χ0n) is 10.7. The van der Waals surface area contributed by atoms with Gasteiger partial charge in [-0.3, -0.25) is 0 Å². The first-order chi connectivity index (χ1) is 7.69. The van der Waals surface area contributed by atoms with E-state index >= 15 is 0 Å². The SMILES string of the molecule is CCCCC(CCC)c1ccc(C(C)O)s1. The van der Waals surface area contributed by atoms with Crippen molar-refractivity contribution in [2.24, 2.45) is 0 Å². The maximum absolute atomic E-state index is 9.54. The molecule has 1 aromatic heterocycles. The summed E-state index contributed by atoms with van der Waals surface area (Å²) in [6.45, 7) is 6.34. The summed E-state index contributed by atoms with van der Waals surface area (Å²) in [7, 11) is 0. The molecule has 2 unspecified atom stereocenters. The second-order valence-electron chi connectivity index (χ2n) is 4.54. The van der Waals surface area contributed by atoms with E-state index in [1.54, 1.807) is 11.3 Å². The molecule has 0 saturated carbocycles. The van der Waals surface area contributed by atoms with Crippen molar-refractivity contribution in [1.82, 2.24) is 0 Å². The summed E-state index contributed by atoms with van der Waals surface area (Å²) in [5, 5.41) is 9.54. The summed E-state index contributed by atoms with van der Waals surface area (Å²) in [5.41, 5.74) is 0. The van der Waals surface area contributed by atoms with Crippen molar-refractivity contribution < 1.29 is 5.11 Å². The number of rotatable bonds is 7. The van der Waals surface area contributed by atoms with Gasteiger partial charge in [-0.25, -0.2) is 0 Å². The molecule has 1 rings (SSSR count). The molecule has 0 radical (unpaired) electrons. The van der Waals surface area contributed by atoms with E-state index < -0.39 is 0 Å². The van der Waals surface area contributed by atoms with Crippen molar-refractivity contribution in [1.29, 1.82) is 0 Å². The summed E-state index contributed by atoms with van der Waals surface area (Å²) in [6, 6.07) is 4.29. The van der Waals surface area contributed by atoms with Gasteiger partial charge in [0.1, 0.15) is 0 Å². The highest BCUT2D eigenvalue weighted by Crippen LogP contribution is 2.34. The largest absolute Gasteiger partial charge is 0.388 e. The number of thiophene rings is 1. The molecule has 0 aliphatic carbocycles. The van der Waals surface area contributed by atoms with Gasteiger partial charge in [0.2, 0.25) is 0 Å². The van der Waals surface area contributed by atoms with Crippen LogP contribution in [-0.2, 0) is 0 Å². The number of aliphatic hydroxyl groups is 1. The zero-order valence-corrected chi connectivity index (χ0v) is 11.5. The van der Waals surface area contributed by atoms with E-state index in [-0.39, 0.29) is 6.10 Å². The topological polar surface area (TPSA) is 20.2 Å². The highest BCUT2D eigenvalue weighted by molar-refractivity contribution is 7.12. The standard InChI is InChI=1S/C14H24OS/c1-4-6-8-12(7-5-2)14-10-9-13(16-14)11(3)15/h9-12,15H,4-8H2,1-3H3. The Bertz CT molecular complexity index is 291. The molecule has 1 heterocycles. The monoisotopic (exact) mass is 240 g/mol. The van der Waals surface area contributed by atoms with Gasteiger partial charge in [0.05, 0.1) is 6.10 Å². The van der Waals surface area contributed by atoms with Crippen LogP contribution in [-0.4, -0.2) is 5.11 Å². The van der Waals surface area contributed by atoms with Crippen LogP contribution in [0.4, 0.5) is 0 Å². The average molecular weight is 240 g/mol. The van der Waals surface area contributed by atoms with Crippen LogP contribution in [0.25, 0.3) is 0 Å². The van der Waals surface area contributed by atoms with Crippen molar-refractivity contribution in [2.45, 2.75) is 64.9 Å². The Hall–Kier alpha value is -0.340. The maximum atomic E-state index is 9.54. The number of unbranched alkanes of at least 4 members (excludes halogenated alkanes) is 1. The lowest BCUT2D eigenvalue weighted by molar-refractivity contribution is 0.203. The third-order valence-electron chi connectivity index (χ3n) is 3.00. The summed E-state index contributed by atoms with van der Waals surface area (Å²) in [6.07, 6.45) is 6.09. The predicted molar refractivity (Wildman–Crippen MR) is 72.1 cm³/mol. The van der Waals surface area contributed by atoms with Crippen molar-refractivity contribution >= 4 is 11.3 Å². The third-order valence-corrected chi connectivity index (χ3v) is 4.42. The number of hydrogen-bond donors (Lipinski definition) is 1. The van der Waals surface area contributed by atoms with Crippen LogP contribution < -0.4 is 0 Å². The quantitative estimate of drug-likeness (QED) is 0.720. The lowest BCUT2D eigenvalue weighted by atomic mass is 9.95. The molecular weight excluding hydrogens is 216 g/mol. The van der Waals surface area contributed by atoms with E-state index in [9.17, 15) is 5.11 Å². The first kappa shape index (κ1) is 13.7. The lowest BCUT2D eigenvalue weighted by Gasteiger charge is -2.13. The van der Waals surface area contributed by atoms with E-state index in [4.69, 9.17) is 0 Å². The minimum Gasteiger partial charge on any atom is -0.388 e. The van der Waals surface area contributed by atoms with E-state index in [0.29, 0.717) is 5.92 Å². The Kier molecular flexibility index (Phi) is 6.07. The highest BCUT2D eigenvalue weighted by atomic mass is 32.1. The van der Waals surface area contributed by atoms with Gasteiger partial charge >= 0.3 is 0 Å². The maximum Gasteiger partial charge on any atom is 0.0854 e. The van der Waals surface area contributed by atoms with E-state index in [1.807, 2.05) is 6.92 Å². The van der Waals surface area contributed by atoms with Gasteiger partial charge in [-0.05, 0) is 37.8 Å². The van der Waals surface area contributed by atoms with Gasteiger partial charge in [0.25, 0.3) is 0 Å². The van der Waals surface area contributed by atoms with Crippen molar-refractivity contribution in [3.05, 3.63) is 21.9 Å². The molecule has 1 N–H and O–H groups in total. The summed E-state index contributed by atoms with van der Waals surface area (Å²) < 4.78 is 0. The molecule has 0 aliphatic heterocycles. The van der Waals surface area contributed by atoms with Crippen molar-refractivity contribution in [3.63, 3.8) is 0 Å². The molecule has 2 heteroatoms. The highest BCUT2D eigenvalue weighted by Gasteiger charge is 2.14. The van der Waals surface area contributed by atoms with Crippen molar-refractivity contribution in [2.75, 3.05) is 0 Å². The molecule has 2 atom stereocenters. The molecule has 0 amide bonds. The normalized spacial score (nSPS) is 15.0. The first-order valence-corrected chi connectivity index (χ1v) is 7.28. The van der Waals surface area contributed by atoms with Gasteiger partial charge in [-0.2, -0.15) is 0 Å². The Morgan fingerprint density at radius 1 is 1.12 bits per heavy atom. The van der Waals surface area contributed by atoms with Gasteiger partial charge < -0.3 is 5.11 Å². The fourth-order valence-corrected chi connectivity index (χ4v) is 3.16. The molecule has 16 heavy (non-hydrogen) atoms. The average Bonchev–Trinajstić information content (AvgIpc) is 2.73. The first-order valence-electron chi connectivity index (χ1n) is 6.46. The van der Waals surface area contributed by atoms with Gasteiger partial charge in [-0.15, -0.1) is 11.3 Å². The van der Waals surface area contributed by atoms with E-state index in [0.717, 1.165) is 4.88 Å². The smallest absolute Gasteiger partial charge is 0.0854 e. The van der Waals surface area contributed by atoms with E-state index in [2.05, 4.69) is 26.0 Å². The van der Waals surface area contributed by atoms with Crippen LogP contribution in [0, 0.1) is 0 Å². The molecule has 1 nitrogen and oxygen atoms in total. The molecular formula is C14H24OS. The molecule has 0 saturated heterocycles. The van der Waals surface area contributed by atoms with Gasteiger partial charge in [-0.1, -0.05) is 33.1 Å². The number of hydrogen-bond acceptors (Lipinski definition) is 2. The van der Waals surface area contributed by atoms with E-state index in [1.165, 1.54) is 37.0 Å².